The lowest BCUT2D eigenvalue weighted by Gasteiger charge is -2.36. The van der Waals surface area contributed by atoms with Crippen LogP contribution >= 0.6 is 0 Å². The number of likely N-dealkylation sites (N-methyl/N-ethyl adjacent to an activating group) is 1. The van der Waals surface area contributed by atoms with Crippen molar-refractivity contribution in [2.45, 2.75) is 78.0 Å². The Morgan fingerprint density at radius 3 is 2.32 bits per heavy atom. The summed E-state index contributed by atoms with van der Waals surface area (Å²) in [7, 11) is 1.70. The Balaban J connectivity index is 2.16. The molecular formula is C24H38N4O3. The van der Waals surface area contributed by atoms with Crippen LogP contribution in [0.15, 0.2) is 30.3 Å². The molecule has 1 aliphatic heterocycles. The van der Waals surface area contributed by atoms with Crippen LogP contribution < -0.4 is 16.0 Å². The van der Waals surface area contributed by atoms with Gasteiger partial charge in [-0.15, -0.1) is 0 Å². The fraction of sp³-hybridized carbons (Fsp3) is 0.625. The minimum atomic E-state index is -0.708. The van der Waals surface area contributed by atoms with Gasteiger partial charge >= 0.3 is 0 Å². The minimum absolute atomic E-state index is 0.0964. The van der Waals surface area contributed by atoms with Crippen LogP contribution in [0.2, 0.25) is 0 Å². The Kier molecular flexibility index (Phi) is 8.62. The second kappa shape index (κ2) is 10.8. The summed E-state index contributed by atoms with van der Waals surface area (Å²) < 4.78 is 0. The molecule has 3 amide bonds. The average Bonchev–Trinajstić information content (AvgIpc) is 3.24. The van der Waals surface area contributed by atoms with Crippen molar-refractivity contribution in [2.75, 3.05) is 13.6 Å². The van der Waals surface area contributed by atoms with E-state index in [1.54, 1.807) is 18.9 Å². The monoisotopic (exact) mass is 430 g/mol. The molecule has 1 aliphatic rings. The largest absolute Gasteiger partial charge is 0.348 e. The summed E-state index contributed by atoms with van der Waals surface area (Å²) >= 11 is 0. The summed E-state index contributed by atoms with van der Waals surface area (Å²) in [6.07, 6.45) is 2.16. The van der Waals surface area contributed by atoms with Crippen molar-refractivity contribution >= 4 is 17.7 Å². The van der Waals surface area contributed by atoms with Gasteiger partial charge in [0.1, 0.15) is 12.1 Å². The molecule has 0 saturated carbocycles. The Morgan fingerprint density at radius 2 is 1.77 bits per heavy atom. The van der Waals surface area contributed by atoms with Crippen LogP contribution in [0.3, 0.4) is 0 Å². The second-order valence-electron chi connectivity index (χ2n) is 9.39. The maximum Gasteiger partial charge on any atom is 0.246 e. The lowest BCUT2D eigenvalue weighted by Crippen LogP contribution is -2.59. The number of rotatable bonds is 8. The maximum absolute atomic E-state index is 13.5. The Bertz CT molecular complexity index is 760. The van der Waals surface area contributed by atoms with Gasteiger partial charge in [-0.25, -0.2) is 0 Å². The molecule has 1 heterocycles. The molecule has 1 aromatic carbocycles. The molecule has 7 nitrogen and oxygen atoms in total. The quantitative estimate of drug-likeness (QED) is 0.591. The van der Waals surface area contributed by atoms with Gasteiger partial charge in [-0.2, -0.15) is 0 Å². The number of likely N-dealkylation sites (tertiary alicyclic amines) is 1. The second-order valence-corrected chi connectivity index (χ2v) is 9.39. The van der Waals surface area contributed by atoms with E-state index in [0.717, 1.165) is 18.4 Å². The summed E-state index contributed by atoms with van der Waals surface area (Å²) in [5.41, 5.74) is 0.565. The van der Waals surface area contributed by atoms with Crippen LogP contribution in [-0.4, -0.2) is 54.3 Å². The average molecular weight is 431 g/mol. The first-order chi connectivity index (χ1) is 14.6. The number of nitrogens with one attached hydrogen (secondary N) is 3. The molecule has 1 aromatic rings. The third kappa shape index (κ3) is 6.29. The molecule has 7 heteroatoms. The van der Waals surface area contributed by atoms with E-state index in [4.69, 9.17) is 0 Å². The molecule has 1 saturated heterocycles. The highest BCUT2D eigenvalue weighted by atomic mass is 16.2. The smallest absolute Gasteiger partial charge is 0.246 e. The number of nitrogens with zero attached hydrogens (tertiary/aromatic N) is 1. The molecule has 172 valence electrons. The first-order valence-electron chi connectivity index (χ1n) is 11.2. The molecule has 0 aromatic heterocycles. The zero-order chi connectivity index (χ0) is 23.2. The van der Waals surface area contributed by atoms with Gasteiger partial charge < -0.3 is 20.9 Å². The van der Waals surface area contributed by atoms with Gasteiger partial charge in [-0.3, -0.25) is 14.4 Å². The van der Waals surface area contributed by atoms with Crippen LogP contribution in [0.5, 0.6) is 0 Å². The van der Waals surface area contributed by atoms with Crippen LogP contribution in [0.25, 0.3) is 0 Å². The van der Waals surface area contributed by atoms with E-state index in [-0.39, 0.29) is 23.8 Å². The van der Waals surface area contributed by atoms with Gasteiger partial charge in [0, 0.05) is 6.54 Å². The van der Waals surface area contributed by atoms with Gasteiger partial charge in [0.15, 0.2) is 0 Å². The molecule has 0 radical (unpaired) electrons. The molecule has 0 spiro atoms. The van der Waals surface area contributed by atoms with Crippen molar-refractivity contribution in [1.82, 2.24) is 20.9 Å². The van der Waals surface area contributed by atoms with Gasteiger partial charge in [0.2, 0.25) is 17.7 Å². The van der Waals surface area contributed by atoms with Gasteiger partial charge in [-0.1, -0.05) is 58.0 Å². The van der Waals surface area contributed by atoms with Gasteiger partial charge in [-0.05, 0) is 44.2 Å². The highest BCUT2D eigenvalue weighted by molar-refractivity contribution is 5.94. The SMILES string of the molecule is CC[C@@H](NC(=O)[C@@H]1CCCN1C(=O)[C@@H](NC(=O)[C@H](C)NC)C(C)(C)C)c1ccccc1. The number of amides is 3. The molecule has 0 bridgehead atoms. The summed E-state index contributed by atoms with van der Waals surface area (Å²) in [4.78, 5) is 40.8. The first kappa shape index (κ1) is 24.9. The van der Waals surface area contributed by atoms with E-state index < -0.39 is 23.5 Å². The zero-order valence-corrected chi connectivity index (χ0v) is 19.7. The standard InChI is InChI=1S/C24H38N4O3/c1-7-18(17-12-9-8-10-13-17)26-22(30)19-14-11-15-28(19)23(31)20(24(3,4)5)27-21(29)16(2)25-6/h8-10,12-13,16,18-20,25H,7,11,14-15H2,1-6H3,(H,26,30)(H,27,29)/t16-,18+,19-,20+/m0/s1. The summed E-state index contributed by atoms with van der Waals surface area (Å²) in [5.74, 6) is -0.565. The summed E-state index contributed by atoms with van der Waals surface area (Å²) in [6, 6.07) is 8.13. The van der Waals surface area contributed by atoms with Crippen LogP contribution in [-0.2, 0) is 14.4 Å². The molecule has 2 rings (SSSR count). The van der Waals surface area contributed by atoms with E-state index in [9.17, 15) is 14.4 Å². The van der Waals surface area contributed by atoms with Gasteiger partial charge in [0.25, 0.3) is 0 Å². The summed E-state index contributed by atoms with van der Waals surface area (Å²) in [5, 5.41) is 8.92. The van der Waals surface area contributed by atoms with Crippen molar-refractivity contribution < 1.29 is 14.4 Å². The van der Waals surface area contributed by atoms with Crippen molar-refractivity contribution in [3.05, 3.63) is 35.9 Å². The highest BCUT2D eigenvalue weighted by Gasteiger charge is 2.42. The topological polar surface area (TPSA) is 90.5 Å². The van der Waals surface area contributed by atoms with Gasteiger partial charge in [0.05, 0.1) is 12.1 Å². The molecular weight excluding hydrogens is 392 g/mol. The number of carbonyl (C=O) groups excluding carboxylic acids is 3. The third-order valence-corrected chi connectivity index (χ3v) is 5.99. The predicted molar refractivity (Wildman–Crippen MR) is 122 cm³/mol. The van der Waals surface area contributed by atoms with E-state index in [2.05, 4.69) is 16.0 Å². The minimum Gasteiger partial charge on any atom is -0.348 e. The van der Waals surface area contributed by atoms with E-state index >= 15 is 0 Å². The number of hydrogen-bond donors (Lipinski definition) is 3. The molecule has 1 fully saturated rings. The maximum atomic E-state index is 13.5. The molecule has 0 unspecified atom stereocenters. The van der Waals surface area contributed by atoms with E-state index in [1.807, 2.05) is 58.0 Å². The Hall–Kier alpha value is -2.41. The molecule has 0 aliphatic carbocycles. The zero-order valence-electron chi connectivity index (χ0n) is 19.7. The third-order valence-electron chi connectivity index (χ3n) is 5.99. The van der Waals surface area contributed by atoms with Crippen LogP contribution in [0.1, 0.15) is 65.5 Å². The fourth-order valence-corrected chi connectivity index (χ4v) is 3.89. The predicted octanol–water partition coefficient (Wildman–Crippen LogP) is 2.38. The first-order valence-corrected chi connectivity index (χ1v) is 11.2. The highest BCUT2D eigenvalue weighted by Crippen LogP contribution is 2.27. The van der Waals surface area contributed by atoms with Crippen molar-refractivity contribution in [3.8, 4) is 0 Å². The van der Waals surface area contributed by atoms with Crippen LogP contribution in [0.4, 0.5) is 0 Å². The van der Waals surface area contributed by atoms with Crippen molar-refractivity contribution in [2.24, 2.45) is 5.41 Å². The number of benzene rings is 1. The lowest BCUT2D eigenvalue weighted by atomic mass is 9.85. The van der Waals surface area contributed by atoms with Crippen LogP contribution in [0, 0.1) is 5.41 Å². The van der Waals surface area contributed by atoms with Crippen molar-refractivity contribution in [3.63, 3.8) is 0 Å². The molecule has 31 heavy (non-hydrogen) atoms. The normalized spacial score (nSPS) is 19.4. The molecule has 3 N–H and O–H groups in total. The fourth-order valence-electron chi connectivity index (χ4n) is 3.89. The summed E-state index contributed by atoms with van der Waals surface area (Å²) in [6.45, 7) is 10.1. The molecule has 4 atom stereocenters. The van der Waals surface area contributed by atoms with Crippen molar-refractivity contribution in [1.29, 1.82) is 0 Å². The Labute approximate surface area is 186 Å². The number of hydrogen-bond acceptors (Lipinski definition) is 4. The lowest BCUT2D eigenvalue weighted by molar-refractivity contribution is -0.144. The van der Waals surface area contributed by atoms with E-state index in [1.165, 1.54) is 0 Å². The van der Waals surface area contributed by atoms with E-state index in [0.29, 0.717) is 13.0 Å². The number of carbonyl (C=O) groups is 3. The Morgan fingerprint density at radius 1 is 1.13 bits per heavy atom.